The molecule has 0 radical (unpaired) electrons. The van der Waals surface area contributed by atoms with E-state index in [1.807, 2.05) is 0 Å². The zero-order chi connectivity index (χ0) is 20.1. The molecule has 0 spiro atoms. The number of aromatic nitrogens is 2. The van der Waals surface area contributed by atoms with E-state index in [-0.39, 0.29) is 11.4 Å². The molecule has 0 saturated carbocycles. The highest BCUT2D eigenvalue weighted by atomic mass is 19.1. The smallest absolute Gasteiger partial charge is 0.255 e. The van der Waals surface area contributed by atoms with Crippen molar-refractivity contribution in [3.05, 3.63) is 51.7 Å². The highest BCUT2D eigenvalue weighted by Gasteiger charge is 2.21. The molecule has 3 rings (SSSR count). The van der Waals surface area contributed by atoms with Crippen LogP contribution in [-0.4, -0.2) is 43.3 Å². The molecule has 0 amide bonds. The van der Waals surface area contributed by atoms with Gasteiger partial charge in [0.2, 0.25) is 5.95 Å². The van der Waals surface area contributed by atoms with Gasteiger partial charge in [-0.2, -0.15) is 0 Å². The summed E-state index contributed by atoms with van der Waals surface area (Å²) < 4.78 is 18.4. The lowest BCUT2D eigenvalue weighted by Crippen LogP contribution is -2.47. The molecule has 0 bridgehead atoms. The van der Waals surface area contributed by atoms with Gasteiger partial charge >= 0.3 is 0 Å². The Labute approximate surface area is 165 Å². The predicted molar refractivity (Wildman–Crippen MR) is 110 cm³/mol. The fourth-order valence-corrected chi connectivity index (χ4v) is 3.46. The third-order valence-corrected chi connectivity index (χ3v) is 5.11. The van der Waals surface area contributed by atoms with E-state index in [0.717, 1.165) is 49.5 Å². The first-order chi connectivity index (χ1) is 13.5. The van der Waals surface area contributed by atoms with Crippen LogP contribution in [0, 0.1) is 11.7 Å². The van der Waals surface area contributed by atoms with Crippen LogP contribution in [0.2, 0.25) is 0 Å². The van der Waals surface area contributed by atoms with Crippen molar-refractivity contribution in [1.82, 2.24) is 9.97 Å². The summed E-state index contributed by atoms with van der Waals surface area (Å²) in [7, 11) is 1.62. The molecule has 0 aliphatic carbocycles. The molecule has 1 aliphatic heterocycles. The van der Waals surface area contributed by atoms with Gasteiger partial charge in [0.25, 0.3) is 5.56 Å². The first-order valence-corrected chi connectivity index (χ1v) is 9.84. The maximum absolute atomic E-state index is 13.1. The van der Waals surface area contributed by atoms with Crippen LogP contribution >= 0.6 is 0 Å². The molecule has 1 saturated heterocycles. The van der Waals surface area contributed by atoms with Crippen LogP contribution < -0.4 is 15.4 Å². The lowest BCUT2D eigenvalue weighted by molar-refractivity contribution is 0.180. The van der Waals surface area contributed by atoms with Gasteiger partial charge in [-0.05, 0) is 43.0 Å². The minimum atomic E-state index is -0.229. The maximum Gasteiger partial charge on any atom is 0.255 e. The van der Waals surface area contributed by atoms with Crippen LogP contribution in [0.25, 0.3) is 0 Å². The minimum absolute atomic E-state index is 0.0707. The van der Waals surface area contributed by atoms with Crippen molar-refractivity contribution in [2.45, 2.75) is 33.3 Å². The van der Waals surface area contributed by atoms with Gasteiger partial charge < -0.3 is 14.5 Å². The molecule has 6 nitrogen and oxygen atoms in total. The molecule has 2 aromatic rings. The van der Waals surface area contributed by atoms with Crippen molar-refractivity contribution in [3.63, 3.8) is 0 Å². The Kier molecular flexibility index (Phi) is 6.67. The number of methoxy groups -OCH3 is 1. The highest BCUT2D eigenvalue weighted by Crippen LogP contribution is 2.19. The molecular weight excluding hydrogens is 359 g/mol. The molecule has 0 unspecified atom stereocenters. The van der Waals surface area contributed by atoms with E-state index in [1.54, 1.807) is 19.2 Å². The van der Waals surface area contributed by atoms with Gasteiger partial charge in [-0.3, -0.25) is 9.78 Å². The molecule has 1 aromatic heterocycles. The summed E-state index contributed by atoms with van der Waals surface area (Å²) in [5.41, 5.74) is 2.39. The fraction of sp³-hybridized carbons (Fsp3) is 0.524. The van der Waals surface area contributed by atoms with E-state index in [0.29, 0.717) is 24.9 Å². The van der Waals surface area contributed by atoms with Crippen molar-refractivity contribution in [1.29, 1.82) is 0 Å². The monoisotopic (exact) mass is 388 g/mol. The lowest BCUT2D eigenvalue weighted by Gasteiger charge is -2.36. The molecule has 28 heavy (non-hydrogen) atoms. The van der Waals surface area contributed by atoms with Gasteiger partial charge in [-0.1, -0.05) is 13.8 Å². The Bertz CT molecular complexity index is 827. The second-order valence-corrected chi connectivity index (χ2v) is 7.63. The molecule has 1 fully saturated rings. The van der Waals surface area contributed by atoms with Crippen LogP contribution in [0.1, 0.15) is 31.5 Å². The number of anilines is 2. The summed E-state index contributed by atoms with van der Waals surface area (Å²) >= 11 is 0. The number of nitrogens with zero attached hydrogens (tertiary/aromatic N) is 3. The Morgan fingerprint density at radius 1 is 1.14 bits per heavy atom. The standard InChI is InChI=1S/C21H29FN4O2/c1-15(2)4-9-18-19(14-28-3)23-21(24-20(18)27)26-12-10-25(11-13-26)17-7-5-16(22)6-8-17/h5-8,15H,4,9-14H2,1-3H3,(H,23,24,27). The van der Waals surface area contributed by atoms with Crippen molar-refractivity contribution in [2.24, 2.45) is 5.92 Å². The van der Waals surface area contributed by atoms with Gasteiger partial charge in [0.15, 0.2) is 0 Å². The maximum atomic E-state index is 13.1. The van der Waals surface area contributed by atoms with Crippen molar-refractivity contribution in [2.75, 3.05) is 43.1 Å². The average Bonchev–Trinajstić information content (AvgIpc) is 2.68. The zero-order valence-corrected chi connectivity index (χ0v) is 16.9. The number of rotatable bonds is 7. The zero-order valence-electron chi connectivity index (χ0n) is 16.9. The highest BCUT2D eigenvalue weighted by molar-refractivity contribution is 5.48. The van der Waals surface area contributed by atoms with Gasteiger partial charge in [0, 0.05) is 44.5 Å². The Hall–Kier alpha value is -2.41. The second-order valence-electron chi connectivity index (χ2n) is 7.63. The third-order valence-electron chi connectivity index (χ3n) is 5.11. The van der Waals surface area contributed by atoms with Gasteiger partial charge in [0.05, 0.1) is 12.3 Å². The van der Waals surface area contributed by atoms with Crippen LogP contribution in [0.4, 0.5) is 16.0 Å². The number of nitrogens with one attached hydrogen (secondary N) is 1. The van der Waals surface area contributed by atoms with E-state index in [1.165, 1.54) is 12.1 Å². The lowest BCUT2D eigenvalue weighted by atomic mass is 10.0. The molecule has 7 heteroatoms. The van der Waals surface area contributed by atoms with E-state index < -0.39 is 0 Å². The summed E-state index contributed by atoms with van der Waals surface area (Å²) in [6.07, 6.45) is 1.65. The van der Waals surface area contributed by atoms with Crippen LogP contribution in [0.15, 0.2) is 29.1 Å². The Balaban J connectivity index is 1.73. The molecular formula is C21H29FN4O2. The first-order valence-electron chi connectivity index (χ1n) is 9.84. The van der Waals surface area contributed by atoms with Gasteiger partial charge in [-0.25, -0.2) is 9.37 Å². The quantitative estimate of drug-likeness (QED) is 0.790. The third kappa shape index (κ3) is 4.90. The Morgan fingerprint density at radius 3 is 2.39 bits per heavy atom. The van der Waals surface area contributed by atoms with Gasteiger partial charge in [0.1, 0.15) is 5.82 Å². The number of hydrogen-bond donors (Lipinski definition) is 1. The number of benzene rings is 1. The topological polar surface area (TPSA) is 61.5 Å². The molecule has 0 atom stereocenters. The van der Waals surface area contributed by atoms with E-state index in [4.69, 9.17) is 9.72 Å². The number of aromatic amines is 1. The summed E-state index contributed by atoms with van der Waals surface area (Å²) in [5, 5.41) is 0. The number of ether oxygens (including phenoxy) is 1. The van der Waals surface area contributed by atoms with Crippen molar-refractivity contribution >= 4 is 11.6 Å². The number of hydrogen-bond acceptors (Lipinski definition) is 5. The van der Waals surface area contributed by atoms with E-state index in [9.17, 15) is 9.18 Å². The SMILES string of the molecule is COCc1nc(N2CCN(c3ccc(F)cc3)CC2)[nH]c(=O)c1CCC(C)C. The summed E-state index contributed by atoms with van der Waals surface area (Å²) in [4.78, 5) is 24.7. The minimum Gasteiger partial charge on any atom is -0.378 e. The molecule has 1 aromatic carbocycles. The molecule has 1 N–H and O–H groups in total. The normalized spacial score (nSPS) is 14.8. The number of piperazine rings is 1. The van der Waals surface area contributed by atoms with E-state index >= 15 is 0 Å². The average molecular weight is 388 g/mol. The van der Waals surface area contributed by atoms with Crippen LogP contribution in [0.3, 0.4) is 0 Å². The van der Waals surface area contributed by atoms with Crippen LogP contribution in [0.5, 0.6) is 0 Å². The largest absolute Gasteiger partial charge is 0.378 e. The molecule has 1 aliphatic rings. The van der Waals surface area contributed by atoms with E-state index in [2.05, 4.69) is 28.6 Å². The Morgan fingerprint density at radius 2 is 1.79 bits per heavy atom. The first kappa shape index (κ1) is 20.3. The summed E-state index contributed by atoms with van der Waals surface area (Å²) in [5.74, 6) is 0.894. The number of H-pyrrole nitrogens is 1. The van der Waals surface area contributed by atoms with Crippen molar-refractivity contribution in [3.8, 4) is 0 Å². The number of halogens is 1. The summed E-state index contributed by atoms with van der Waals surface area (Å²) in [6.45, 7) is 7.66. The summed E-state index contributed by atoms with van der Waals surface area (Å²) in [6, 6.07) is 6.55. The predicted octanol–water partition coefficient (Wildman–Crippen LogP) is 2.97. The van der Waals surface area contributed by atoms with Crippen molar-refractivity contribution < 1.29 is 9.13 Å². The van der Waals surface area contributed by atoms with Gasteiger partial charge in [-0.15, -0.1) is 0 Å². The molecule has 2 heterocycles. The molecule has 152 valence electrons. The fourth-order valence-electron chi connectivity index (χ4n) is 3.46. The second kappa shape index (κ2) is 9.19. The van der Waals surface area contributed by atoms with Crippen LogP contribution in [-0.2, 0) is 17.8 Å².